The zero-order valence-corrected chi connectivity index (χ0v) is 13.8. The van der Waals surface area contributed by atoms with Crippen molar-refractivity contribution >= 4 is 11.9 Å². The fourth-order valence-electron chi connectivity index (χ4n) is 1.95. The maximum Gasteiger partial charge on any atom is 0.333 e. The molecule has 0 radical (unpaired) electrons. The summed E-state index contributed by atoms with van der Waals surface area (Å²) in [5.41, 5.74) is -0.476. The molecule has 0 fully saturated rings. The molecule has 0 bridgehead atoms. The lowest BCUT2D eigenvalue weighted by atomic mass is 9.62. The molecular formula is C16H28O4. The molecular weight excluding hydrogens is 256 g/mol. The second-order valence-electron chi connectivity index (χ2n) is 6.66. The summed E-state index contributed by atoms with van der Waals surface area (Å²) in [6, 6.07) is 0. The maximum absolute atomic E-state index is 12.4. The molecule has 0 heterocycles. The summed E-state index contributed by atoms with van der Waals surface area (Å²) < 4.78 is 10.2. The van der Waals surface area contributed by atoms with Crippen LogP contribution in [-0.4, -0.2) is 25.2 Å². The van der Waals surface area contributed by atoms with Crippen LogP contribution in [0.2, 0.25) is 0 Å². The molecule has 0 aromatic rings. The largest absolute Gasteiger partial charge is 0.462 e. The van der Waals surface area contributed by atoms with E-state index in [4.69, 9.17) is 9.47 Å². The van der Waals surface area contributed by atoms with Gasteiger partial charge in [-0.15, -0.1) is 0 Å². The van der Waals surface area contributed by atoms with Crippen molar-refractivity contribution in [3.63, 3.8) is 0 Å². The normalized spacial score (nSPS) is 14.6. The predicted molar refractivity (Wildman–Crippen MR) is 79.1 cm³/mol. The van der Waals surface area contributed by atoms with Crippen LogP contribution in [0, 0.1) is 16.7 Å². The molecule has 4 heteroatoms. The molecule has 116 valence electrons. The Bertz CT molecular complexity index is 376. The third-order valence-electron chi connectivity index (χ3n) is 4.03. The zero-order valence-electron chi connectivity index (χ0n) is 13.8. The first-order valence-electron chi connectivity index (χ1n) is 6.94. The fourth-order valence-corrected chi connectivity index (χ4v) is 1.95. The lowest BCUT2D eigenvalue weighted by Crippen LogP contribution is -2.46. The van der Waals surface area contributed by atoms with Gasteiger partial charge in [0.2, 0.25) is 0 Å². The van der Waals surface area contributed by atoms with Crippen LogP contribution in [0.4, 0.5) is 0 Å². The summed E-state index contributed by atoms with van der Waals surface area (Å²) in [5, 5.41) is 0. The lowest BCUT2D eigenvalue weighted by Gasteiger charge is -2.42. The van der Waals surface area contributed by atoms with Crippen molar-refractivity contribution in [1.82, 2.24) is 0 Å². The van der Waals surface area contributed by atoms with Crippen LogP contribution in [0.15, 0.2) is 12.2 Å². The van der Waals surface area contributed by atoms with Gasteiger partial charge in [-0.05, 0) is 25.2 Å². The summed E-state index contributed by atoms with van der Waals surface area (Å²) in [5.74, 6) is -0.581. The number of rotatable bonds is 6. The van der Waals surface area contributed by atoms with Gasteiger partial charge >= 0.3 is 11.9 Å². The Morgan fingerprint density at radius 3 is 1.85 bits per heavy atom. The monoisotopic (exact) mass is 284 g/mol. The standard InChI is InChI=1S/C16H28O4/c1-11(2)13(17)19-9-10-20-14(18)16(8,12(3)4)15(5,6)7/h12H,1,9-10H2,2-8H3. The van der Waals surface area contributed by atoms with Crippen LogP contribution >= 0.6 is 0 Å². The highest BCUT2D eigenvalue weighted by Crippen LogP contribution is 2.45. The fraction of sp³-hybridized carbons (Fsp3) is 0.750. The van der Waals surface area contributed by atoms with Crippen LogP contribution in [-0.2, 0) is 19.1 Å². The molecule has 0 aliphatic carbocycles. The number of carbonyl (C=O) groups excluding carboxylic acids is 2. The Morgan fingerprint density at radius 2 is 1.50 bits per heavy atom. The number of esters is 2. The molecule has 0 saturated heterocycles. The van der Waals surface area contributed by atoms with E-state index in [-0.39, 0.29) is 30.5 Å². The highest BCUT2D eigenvalue weighted by Gasteiger charge is 2.47. The first kappa shape index (κ1) is 18.7. The van der Waals surface area contributed by atoms with E-state index in [0.29, 0.717) is 5.57 Å². The molecule has 0 N–H and O–H groups in total. The summed E-state index contributed by atoms with van der Waals surface area (Å²) in [6.45, 7) is 17.2. The predicted octanol–water partition coefficient (Wildman–Crippen LogP) is 3.36. The van der Waals surface area contributed by atoms with E-state index >= 15 is 0 Å². The topological polar surface area (TPSA) is 52.6 Å². The second kappa shape index (κ2) is 6.91. The van der Waals surface area contributed by atoms with Crippen molar-refractivity contribution in [2.24, 2.45) is 16.7 Å². The van der Waals surface area contributed by atoms with E-state index < -0.39 is 11.4 Å². The molecule has 0 aliphatic rings. The SMILES string of the molecule is C=C(C)C(=O)OCCOC(=O)C(C)(C(C)C)C(C)(C)C. The molecule has 4 nitrogen and oxygen atoms in total. The number of carbonyl (C=O) groups is 2. The van der Waals surface area contributed by atoms with Gasteiger partial charge in [0.1, 0.15) is 13.2 Å². The smallest absolute Gasteiger partial charge is 0.333 e. The molecule has 0 amide bonds. The van der Waals surface area contributed by atoms with Gasteiger partial charge in [0.15, 0.2) is 0 Å². The van der Waals surface area contributed by atoms with Crippen LogP contribution in [0.1, 0.15) is 48.5 Å². The van der Waals surface area contributed by atoms with Crippen molar-refractivity contribution < 1.29 is 19.1 Å². The Kier molecular flexibility index (Phi) is 6.45. The van der Waals surface area contributed by atoms with Crippen LogP contribution in [0.25, 0.3) is 0 Å². The molecule has 0 spiro atoms. The minimum absolute atomic E-state index is 0.0513. The average molecular weight is 284 g/mol. The lowest BCUT2D eigenvalue weighted by molar-refractivity contribution is -0.169. The third-order valence-corrected chi connectivity index (χ3v) is 4.03. The van der Waals surface area contributed by atoms with E-state index in [2.05, 4.69) is 6.58 Å². The maximum atomic E-state index is 12.4. The summed E-state index contributed by atoms with van der Waals surface area (Å²) >= 11 is 0. The first-order valence-corrected chi connectivity index (χ1v) is 6.94. The summed E-state index contributed by atoms with van der Waals surface area (Å²) in [7, 11) is 0. The van der Waals surface area contributed by atoms with Gasteiger partial charge in [0.25, 0.3) is 0 Å². The minimum Gasteiger partial charge on any atom is -0.462 e. The van der Waals surface area contributed by atoms with Gasteiger partial charge in [-0.3, -0.25) is 4.79 Å². The van der Waals surface area contributed by atoms with Gasteiger partial charge in [-0.25, -0.2) is 4.79 Å². The average Bonchev–Trinajstić information content (AvgIpc) is 2.30. The van der Waals surface area contributed by atoms with Gasteiger partial charge in [0.05, 0.1) is 5.41 Å². The quantitative estimate of drug-likeness (QED) is 0.426. The molecule has 20 heavy (non-hydrogen) atoms. The van der Waals surface area contributed by atoms with Crippen molar-refractivity contribution in [3.05, 3.63) is 12.2 Å². The Morgan fingerprint density at radius 1 is 1.05 bits per heavy atom. The number of hydrogen-bond donors (Lipinski definition) is 0. The van der Waals surface area contributed by atoms with E-state index in [9.17, 15) is 9.59 Å². The molecule has 1 unspecified atom stereocenters. The highest BCUT2D eigenvalue weighted by molar-refractivity contribution is 5.86. The first-order chi connectivity index (χ1) is 8.94. The van der Waals surface area contributed by atoms with Crippen LogP contribution in [0.5, 0.6) is 0 Å². The van der Waals surface area contributed by atoms with E-state index in [1.165, 1.54) is 0 Å². The van der Waals surface area contributed by atoms with Crippen molar-refractivity contribution in [1.29, 1.82) is 0 Å². The van der Waals surface area contributed by atoms with Gasteiger partial charge in [-0.1, -0.05) is 41.2 Å². The molecule has 0 aromatic carbocycles. The molecule has 0 aliphatic heterocycles. The summed E-state index contributed by atoms with van der Waals surface area (Å²) in [6.07, 6.45) is 0. The van der Waals surface area contributed by atoms with Crippen LogP contribution < -0.4 is 0 Å². The zero-order chi connectivity index (χ0) is 16.1. The third kappa shape index (κ3) is 4.36. The van der Waals surface area contributed by atoms with Crippen molar-refractivity contribution in [3.8, 4) is 0 Å². The molecule has 0 rings (SSSR count). The Labute approximate surface area is 122 Å². The van der Waals surface area contributed by atoms with E-state index in [0.717, 1.165) is 0 Å². The Balaban J connectivity index is 4.52. The molecule has 0 saturated carbocycles. The molecule has 1 atom stereocenters. The second-order valence-corrected chi connectivity index (χ2v) is 6.66. The minimum atomic E-state index is -0.592. The van der Waals surface area contributed by atoms with Crippen LogP contribution in [0.3, 0.4) is 0 Å². The number of hydrogen-bond acceptors (Lipinski definition) is 4. The highest BCUT2D eigenvalue weighted by atomic mass is 16.6. The van der Waals surface area contributed by atoms with E-state index in [1.807, 2.05) is 41.5 Å². The van der Waals surface area contributed by atoms with Gasteiger partial charge in [-0.2, -0.15) is 0 Å². The van der Waals surface area contributed by atoms with Gasteiger partial charge < -0.3 is 9.47 Å². The van der Waals surface area contributed by atoms with E-state index in [1.54, 1.807) is 6.92 Å². The molecule has 0 aromatic heterocycles. The summed E-state index contributed by atoms with van der Waals surface area (Å²) in [4.78, 5) is 23.5. The van der Waals surface area contributed by atoms with Crippen molar-refractivity contribution in [2.45, 2.75) is 48.5 Å². The number of ether oxygens (including phenoxy) is 2. The van der Waals surface area contributed by atoms with Crippen molar-refractivity contribution in [2.75, 3.05) is 13.2 Å². The van der Waals surface area contributed by atoms with Gasteiger partial charge in [0, 0.05) is 5.57 Å². The Hall–Kier alpha value is -1.32.